The van der Waals surface area contributed by atoms with Gasteiger partial charge in [-0.05, 0) is 67.5 Å². The molecule has 0 bridgehead atoms. The molecule has 2 aliphatic carbocycles. The number of aryl methyl sites for hydroxylation is 1. The maximum atomic E-state index is 13.3. The summed E-state index contributed by atoms with van der Waals surface area (Å²) in [5.74, 6) is 5.55. The van der Waals surface area contributed by atoms with Gasteiger partial charge in [-0.15, -0.1) is 0 Å². The molecule has 1 saturated carbocycles. The van der Waals surface area contributed by atoms with Crippen LogP contribution in [0, 0.1) is 12.8 Å². The zero-order valence-corrected chi connectivity index (χ0v) is 19.6. The first-order chi connectivity index (χ1) is 16.8. The number of Topliss-reactive ketones (excluding diaryl/α,β-unsaturated/α-hetero) is 1. The topological polar surface area (TPSA) is 117 Å². The van der Waals surface area contributed by atoms with Crippen molar-refractivity contribution in [3.05, 3.63) is 94.8 Å². The number of nitrogens with two attached hydrogens (primary N) is 1. The van der Waals surface area contributed by atoms with Gasteiger partial charge in [0.05, 0.1) is 23.6 Å². The second-order valence-electron chi connectivity index (χ2n) is 9.76. The predicted octanol–water partition coefficient (Wildman–Crippen LogP) is 3.11. The molecule has 5 rings (SSSR count). The monoisotopic (exact) mass is 471 g/mol. The van der Waals surface area contributed by atoms with Crippen molar-refractivity contribution in [1.29, 1.82) is 0 Å². The molecule has 180 valence electrons. The van der Waals surface area contributed by atoms with E-state index in [0.717, 1.165) is 16.1 Å². The smallest absolute Gasteiger partial charge is 0.272 e. The SMILES string of the molecule is Cc1ncccc1N(N)C(=O)c1ccc2c(c1)C(=O)CC1C[C@H](O)[C@H](O)C[C@@]21Cc1ccccc1. The Balaban J connectivity index is 1.57. The van der Waals surface area contributed by atoms with Gasteiger partial charge in [0.1, 0.15) is 0 Å². The molecule has 0 saturated heterocycles. The average molecular weight is 472 g/mol. The normalized spacial score (nSPS) is 25.5. The standard InChI is InChI=1S/C28H29N3O4/c1-17-23(8-5-11-30-17)31(29)27(35)19-9-10-22-21(12-19)24(32)13-20-14-25(33)26(34)16-28(20,22)15-18-6-3-2-4-7-18/h2-12,20,25-26,33-34H,13-16,29H2,1H3/t20?,25-,26+,28+/m0/s1. The zero-order chi connectivity index (χ0) is 24.7. The van der Waals surface area contributed by atoms with Crippen LogP contribution in [0.3, 0.4) is 0 Å². The highest BCUT2D eigenvalue weighted by Crippen LogP contribution is 2.52. The zero-order valence-electron chi connectivity index (χ0n) is 19.6. The number of aromatic nitrogens is 1. The molecule has 1 aromatic heterocycles. The van der Waals surface area contributed by atoms with Gasteiger partial charge in [0, 0.05) is 29.2 Å². The highest BCUT2D eigenvalue weighted by atomic mass is 16.3. The van der Waals surface area contributed by atoms with E-state index >= 15 is 0 Å². The van der Waals surface area contributed by atoms with E-state index in [1.54, 1.807) is 37.4 Å². The Bertz CT molecular complexity index is 1280. The van der Waals surface area contributed by atoms with Crippen molar-refractivity contribution in [1.82, 2.24) is 4.98 Å². The molecule has 0 radical (unpaired) electrons. The van der Waals surface area contributed by atoms with Gasteiger partial charge in [0.25, 0.3) is 5.91 Å². The third-order valence-electron chi connectivity index (χ3n) is 7.68. The number of rotatable bonds is 4. The van der Waals surface area contributed by atoms with Gasteiger partial charge < -0.3 is 10.2 Å². The summed E-state index contributed by atoms with van der Waals surface area (Å²) in [5, 5.41) is 22.2. The van der Waals surface area contributed by atoms with Gasteiger partial charge in [0.2, 0.25) is 0 Å². The number of aliphatic hydroxyl groups excluding tert-OH is 2. The summed E-state index contributed by atoms with van der Waals surface area (Å²) in [6.07, 6.45) is 1.49. The summed E-state index contributed by atoms with van der Waals surface area (Å²) >= 11 is 0. The number of amides is 1. The van der Waals surface area contributed by atoms with Crippen LogP contribution in [0.15, 0.2) is 66.9 Å². The first-order valence-corrected chi connectivity index (χ1v) is 11.9. The molecule has 0 aliphatic heterocycles. The Kier molecular flexibility index (Phi) is 6.01. The second-order valence-corrected chi connectivity index (χ2v) is 9.76. The molecule has 1 fully saturated rings. The van der Waals surface area contributed by atoms with Crippen molar-refractivity contribution < 1.29 is 19.8 Å². The van der Waals surface area contributed by atoms with Gasteiger partial charge in [-0.1, -0.05) is 36.4 Å². The summed E-state index contributed by atoms with van der Waals surface area (Å²) in [5.41, 5.74) is 3.32. The summed E-state index contributed by atoms with van der Waals surface area (Å²) in [6, 6.07) is 18.6. The van der Waals surface area contributed by atoms with Gasteiger partial charge >= 0.3 is 0 Å². The molecular formula is C28H29N3O4. The number of fused-ring (bicyclic) bond motifs is 3. The van der Waals surface area contributed by atoms with Crippen molar-refractivity contribution in [2.75, 3.05) is 5.01 Å². The van der Waals surface area contributed by atoms with Crippen LogP contribution in [-0.2, 0) is 11.8 Å². The number of pyridine rings is 1. The van der Waals surface area contributed by atoms with E-state index < -0.39 is 23.5 Å². The van der Waals surface area contributed by atoms with E-state index in [0.29, 0.717) is 41.8 Å². The molecule has 4 N–H and O–H groups in total. The van der Waals surface area contributed by atoms with Crippen molar-refractivity contribution in [3.63, 3.8) is 0 Å². The van der Waals surface area contributed by atoms with Gasteiger partial charge in [-0.2, -0.15) is 0 Å². The first-order valence-electron chi connectivity index (χ1n) is 11.9. The lowest BCUT2D eigenvalue weighted by Crippen LogP contribution is -2.53. The maximum Gasteiger partial charge on any atom is 0.272 e. The molecule has 0 spiro atoms. The third-order valence-corrected chi connectivity index (χ3v) is 7.68. The van der Waals surface area contributed by atoms with Crippen LogP contribution in [0.4, 0.5) is 5.69 Å². The number of benzene rings is 2. The van der Waals surface area contributed by atoms with Gasteiger partial charge in [-0.25, -0.2) is 10.9 Å². The Morgan fingerprint density at radius 2 is 1.89 bits per heavy atom. The Morgan fingerprint density at radius 3 is 2.63 bits per heavy atom. The van der Waals surface area contributed by atoms with Crippen LogP contribution in [0.1, 0.15) is 56.8 Å². The van der Waals surface area contributed by atoms with E-state index in [1.165, 1.54) is 0 Å². The number of nitrogens with zero attached hydrogens (tertiary/aromatic N) is 2. The minimum absolute atomic E-state index is 0.0620. The van der Waals surface area contributed by atoms with E-state index in [1.807, 2.05) is 36.4 Å². The lowest BCUT2D eigenvalue weighted by molar-refractivity contribution is -0.0609. The van der Waals surface area contributed by atoms with Crippen LogP contribution >= 0.6 is 0 Å². The van der Waals surface area contributed by atoms with Crippen LogP contribution in [0.25, 0.3) is 0 Å². The lowest BCUT2D eigenvalue weighted by atomic mass is 9.54. The number of aliphatic hydroxyl groups is 2. The van der Waals surface area contributed by atoms with Crippen LogP contribution < -0.4 is 10.9 Å². The number of hydrazine groups is 1. The molecule has 7 heteroatoms. The highest BCUT2D eigenvalue weighted by molar-refractivity contribution is 6.08. The fourth-order valence-corrected chi connectivity index (χ4v) is 5.89. The molecular weight excluding hydrogens is 442 g/mol. The number of hydrogen-bond donors (Lipinski definition) is 3. The molecule has 4 atom stereocenters. The summed E-state index contributed by atoms with van der Waals surface area (Å²) in [4.78, 5) is 30.7. The van der Waals surface area contributed by atoms with E-state index in [2.05, 4.69) is 4.98 Å². The largest absolute Gasteiger partial charge is 0.390 e. The maximum absolute atomic E-state index is 13.3. The van der Waals surface area contributed by atoms with Crippen molar-refractivity contribution in [3.8, 4) is 0 Å². The van der Waals surface area contributed by atoms with Crippen LogP contribution in [0.5, 0.6) is 0 Å². The van der Waals surface area contributed by atoms with Gasteiger partial charge in [-0.3, -0.25) is 14.6 Å². The van der Waals surface area contributed by atoms with Crippen LogP contribution in [0.2, 0.25) is 0 Å². The quantitative estimate of drug-likeness (QED) is 0.306. The number of carbonyl (C=O) groups excluding carboxylic acids is 2. The lowest BCUT2D eigenvalue weighted by Gasteiger charge is -2.51. The molecule has 3 aromatic rings. The summed E-state index contributed by atoms with van der Waals surface area (Å²) in [6.45, 7) is 1.77. The molecule has 2 aliphatic rings. The Labute approximate surface area is 204 Å². The highest BCUT2D eigenvalue weighted by Gasteiger charge is 2.52. The second kappa shape index (κ2) is 9.00. The molecule has 1 unspecified atom stereocenters. The van der Waals surface area contributed by atoms with Crippen molar-refractivity contribution in [2.45, 2.75) is 50.2 Å². The molecule has 35 heavy (non-hydrogen) atoms. The fourth-order valence-electron chi connectivity index (χ4n) is 5.89. The average Bonchev–Trinajstić information content (AvgIpc) is 2.86. The third kappa shape index (κ3) is 4.05. The molecule has 1 amide bonds. The first kappa shape index (κ1) is 23.4. The number of hydrogen-bond acceptors (Lipinski definition) is 6. The van der Waals surface area contributed by atoms with E-state index in [4.69, 9.17) is 5.84 Å². The number of anilines is 1. The minimum Gasteiger partial charge on any atom is -0.390 e. The fraction of sp³-hybridized carbons (Fsp3) is 0.321. The molecule has 7 nitrogen and oxygen atoms in total. The van der Waals surface area contributed by atoms with E-state index in [-0.39, 0.29) is 18.1 Å². The number of ketones is 1. The van der Waals surface area contributed by atoms with E-state index in [9.17, 15) is 19.8 Å². The number of carbonyl (C=O) groups is 2. The van der Waals surface area contributed by atoms with Crippen molar-refractivity contribution >= 4 is 17.4 Å². The van der Waals surface area contributed by atoms with Crippen molar-refractivity contribution in [2.24, 2.45) is 11.8 Å². The Morgan fingerprint density at radius 1 is 1.11 bits per heavy atom. The minimum atomic E-state index is -0.884. The predicted molar refractivity (Wildman–Crippen MR) is 132 cm³/mol. The van der Waals surface area contributed by atoms with Crippen LogP contribution in [-0.4, -0.2) is 39.1 Å². The molecule has 2 aromatic carbocycles. The summed E-state index contributed by atoms with van der Waals surface area (Å²) < 4.78 is 0. The summed E-state index contributed by atoms with van der Waals surface area (Å²) in [7, 11) is 0. The van der Waals surface area contributed by atoms with Gasteiger partial charge in [0.15, 0.2) is 5.78 Å². The Hall–Kier alpha value is -3.39. The molecule has 1 heterocycles.